The van der Waals surface area contributed by atoms with Crippen LogP contribution in [0.5, 0.6) is 5.75 Å². The van der Waals surface area contributed by atoms with E-state index in [2.05, 4.69) is 5.32 Å². The second kappa shape index (κ2) is 7.34. The van der Waals surface area contributed by atoms with Crippen molar-refractivity contribution in [3.63, 3.8) is 0 Å². The number of anilines is 1. The van der Waals surface area contributed by atoms with E-state index in [9.17, 15) is 13.7 Å². The quantitative estimate of drug-likeness (QED) is 0.837. The van der Waals surface area contributed by atoms with Gasteiger partial charge in [0.2, 0.25) is 10.0 Å². The normalized spacial score (nSPS) is 11.1. The maximum Gasteiger partial charge on any atom is 0.238 e. The average molecular weight is 345 g/mol. The van der Waals surface area contributed by atoms with E-state index in [4.69, 9.17) is 9.88 Å². The molecule has 0 aliphatic heterocycles. The molecule has 0 heterocycles. The molecule has 6 nitrogen and oxygen atoms in total. The summed E-state index contributed by atoms with van der Waals surface area (Å²) in [4.78, 5) is -0.0835. The third-order valence-electron chi connectivity index (χ3n) is 3.22. The van der Waals surface area contributed by atoms with Crippen LogP contribution in [0.1, 0.15) is 25.0 Å². The number of nitriles is 1. The van der Waals surface area contributed by atoms with Crippen molar-refractivity contribution in [3.8, 4) is 11.8 Å². The molecule has 2 aromatic carbocycles. The summed E-state index contributed by atoms with van der Waals surface area (Å²) < 4.78 is 28.3. The molecule has 0 aliphatic carbocycles. The Labute approximate surface area is 141 Å². The first-order valence-corrected chi connectivity index (χ1v) is 8.90. The molecule has 24 heavy (non-hydrogen) atoms. The van der Waals surface area contributed by atoms with Gasteiger partial charge in [-0.1, -0.05) is 12.1 Å². The van der Waals surface area contributed by atoms with Gasteiger partial charge in [-0.3, -0.25) is 0 Å². The molecule has 0 amide bonds. The number of primary sulfonamides is 1. The van der Waals surface area contributed by atoms with Crippen molar-refractivity contribution >= 4 is 15.7 Å². The smallest absolute Gasteiger partial charge is 0.238 e. The molecule has 2 rings (SSSR count). The van der Waals surface area contributed by atoms with Gasteiger partial charge in [0.1, 0.15) is 11.8 Å². The highest BCUT2D eigenvalue weighted by Gasteiger charge is 2.11. The highest BCUT2D eigenvalue weighted by Crippen LogP contribution is 2.20. The van der Waals surface area contributed by atoms with Gasteiger partial charge in [-0.15, -0.1) is 0 Å². The number of hydrogen-bond acceptors (Lipinski definition) is 5. The van der Waals surface area contributed by atoms with Crippen LogP contribution >= 0.6 is 0 Å². The van der Waals surface area contributed by atoms with E-state index < -0.39 is 10.0 Å². The SMILES string of the molecule is CC(C)Oc1ccc(CNc2ccc(S(N)(=O)=O)cc2C#N)cc1. The Kier molecular flexibility index (Phi) is 5.44. The number of nitrogens with one attached hydrogen (secondary N) is 1. The van der Waals surface area contributed by atoms with Gasteiger partial charge in [0, 0.05) is 6.54 Å². The minimum absolute atomic E-state index is 0.0835. The molecular formula is C17H19N3O3S. The van der Waals surface area contributed by atoms with Crippen LogP contribution in [0.2, 0.25) is 0 Å². The highest BCUT2D eigenvalue weighted by molar-refractivity contribution is 7.89. The van der Waals surface area contributed by atoms with Crippen LogP contribution in [0.25, 0.3) is 0 Å². The fraction of sp³-hybridized carbons (Fsp3) is 0.235. The molecule has 0 bridgehead atoms. The van der Waals surface area contributed by atoms with Gasteiger partial charge in [-0.2, -0.15) is 5.26 Å². The van der Waals surface area contributed by atoms with E-state index in [1.807, 2.05) is 44.2 Å². The summed E-state index contributed by atoms with van der Waals surface area (Å²) in [7, 11) is -3.83. The summed E-state index contributed by atoms with van der Waals surface area (Å²) in [5.74, 6) is 0.795. The Morgan fingerprint density at radius 3 is 2.42 bits per heavy atom. The topological polar surface area (TPSA) is 105 Å². The molecule has 0 saturated carbocycles. The van der Waals surface area contributed by atoms with Gasteiger partial charge in [0.15, 0.2) is 0 Å². The summed E-state index contributed by atoms with van der Waals surface area (Å²) in [5, 5.41) is 17.4. The minimum Gasteiger partial charge on any atom is -0.491 e. The lowest BCUT2D eigenvalue weighted by Gasteiger charge is -2.12. The average Bonchev–Trinajstić information content (AvgIpc) is 2.52. The Morgan fingerprint density at radius 1 is 1.21 bits per heavy atom. The van der Waals surface area contributed by atoms with Crippen molar-refractivity contribution in [2.75, 3.05) is 5.32 Å². The van der Waals surface area contributed by atoms with Gasteiger partial charge in [-0.25, -0.2) is 13.6 Å². The van der Waals surface area contributed by atoms with Crippen molar-refractivity contribution in [2.45, 2.75) is 31.4 Å². The summed E-state index contributed by atoms with van der Waals surface area (Å²) in [5.41, 5.74) is 1.78. The Hall–Kier alpha value is -2.56. The molecule has 2 aromatic rings. The monoisotopic (exact) mass is 345 g/mol. The molecule has 0 radical (unpaired) electrons. The van der Waals surface area contributed by atoms with Gasteiger partial charge in [-0.05, 0) is 49.7 Å². The van der Waals surface area contributed by atoms with Gasteiger partial charge < -0.3 is 10.1 Å². The molecule has 126 valence electrons. The molecular weight excluding hydrogens is 326 g/mol. The third-order valence-corrected chi connectivity index (χ3v) is 4.13. The number of rotatable bonds is 6. The van der Waals surface area contributed by atoms with Crippen LogP contribution in [0, 0.1) is 11.3 Å². The lowest BCUT2D eigenvalue weighted by atomic mass is 10.1. The predicted octanol–water partition coefficient (Wildman–Crippen LogP) is 2.60. The van der Waals surface area contributed by atoms with Crippen LogP contribution in [-0.2, 0) is 16.6 Å². The maximum absolute atomic E-state index is 11.3. The second-order valence-electron chi connectivity index (χ2n) is 5.53. The van der Waals surface area contributed by atoms with Crippen LogP contribution in [0.15, 0.2) is 47.4 Å². The van der Waals surface area contributed by atoms with Crippen molar-refractivity contribution in [1.29, 1.82) is 5.26 Å². The van der Waals surface area contributed by atoms with E-state index in [1.165, 1.54) is 18.2 Å². The van der Waals surface area contributed by atoms with Crippen LogP contribution in [0.3, 0.4) is 0 Å². The van der Waals surface area contributed by atoms with Gasteiger partial charge in [0.05, 0.1) is 22.3 Å². The first-order chi connectivity index (χ1) is 11.3. The van der Waals surface area contributed by atoms with E-state index in [1.54, 1.807) is 0 Å². The zero-order valence-corrected chi connectivity index (χ0v) is 14.3. The molecule has 3 N–H and O–H groups in total. The zero-order valence-electron chi connectivity index (χ0n) is 13.5. The number of hydrogen-bond donors (Lipinski definition) is 2. The van der Waals surface area contributed by atoms with Crippen LogP contribution in [-0.4, -0.2) is 14.5 Å². The predicted molar refractivity (Wildman–Crippen MR) is 92.1 cm³/mol. The van der Waals surface area contributed by atoms with Crippen LogP contribution < -0.4 is 15.2 Å². The molecule has 0 aliphatic rings. The van der Waals surface area contributed by atoms with Gasteiger partial charge >= 0.3 is 0 Å². The minimum atomic E-state index is -3.83. The number of benzene rings is 2. The molecule has 0 unspecified atom stereocenters. The van der Waals surface area contributed by atoms with Crippen molar-refractivity contribution < 1.29 is 13.2 Å². The van der Waals surface area contributed by atoms with E-state index in [0.717, 1.165) is 11.3 Å². The number of ether oxygens (including phenoxy) is 1. The zero-order chi connectivity index (χ0) is 17.7. The maximum atomic E-state index is 11.3. The summed E-state index contributed by atoms with van der Waals surface area (Å²) in [6.07, 6.45) is 0.115. The van der Waals surface area contributed by atoms with E-state index in [0.29, 0.717) is 12.2 Å². The number of nitrogens with zero attached hydrogens (tertiary/aromatic N) is 1. The summed E-state index contributed by atoms with van der Waals surface area (Å²) in [6, 6.07) is 13.8. The third kappa shape index (κ3) is 4.72. The van der Waals surface area contributed by atoms with Crippen molar-refractivity contribution in [2.24, 2.45) is 5.14 Å². The Balaban J connectivity index is 2.10. The lowest BCUT2D eigenvalue weighted by Crippen LogP contribution is -2.12. The first kappa shape index (κ1) is 17.8. The molecule has 0 fully saturated rings. The summed E-state index contributed by atoms with van der Waals surface area (Å²) >= 11 is 0. The van der Waals surface area contributed by atoms with Gasteiger partial charge in [0.25, 0.3) is 0 Å². The fourth-order valence-electron chi connectivity index (χ4n) is 2.10. The van der Waals surface area contributed by atoms with Crippen molar-refractivity contribution in [1.82, 2.24) is 0 Å². The standard InChI is InChI=1S/C17H19N3O3S/c1-12(2)23-15-5-3-13(4-6-15)11-20-17-8-7-16(24(19,21)22)9-14(17)10-18/h3-9,12,20H,11H2,1-2H3,(H2,19,21,22). The largest absolute Gasteiger partial charge is 0.491 e. The molecule has 7 heteroatoms. The Bertz CT molecular complexity index is 854. The lowest BCUT2D eigenvalue weighted by molar-refractivity contribution is 0.242. The first-order valence-electron chi connectivity index (χ1n) is 7.36. The number of sulfonamides is 1. The Morgan fingerprint density at radius 2 is 1.88 bits per heavy atom. The number of nitrogens with two attached hydrogens (primary N) is 1. The highest BCUT2D eigenvalue weighted by atomic mass is 32.2. The molecule has 0 atom stereocenters. The van der Waals surface area contributed by atoms with Crippen molar-refractivity contribution in [3.05, 3.63) is 53.6 Å². The van der Waals surface area contributed by atoms with E-state index >= 15 is 0 Å². The fourth-order valence-corrected chi connectivity index (χ4v) is 2.64. The van der Waals surface area contributed by atoms with E-state index in [-0.39, 0.29) is 16.6 Å². The molecule has 0 spiro atoms. The molecule has 0 aromatic heterocycles. The summed E-state index contributed by atoms with van der Waals surface area (Å²) in [6.45, 7) is 4.42. The molecule has 0 saturated heterocycles. The second-order valence-corrected chi connectivity index (χ2v) is 7.09. The van der Waals surface area contributed by atoms with Crippen LogP contribution in [0.4, 0.5) is 5.69 Å².